The van der Waals surface area contributed by atoms with E-state index in [1.54, 1.807) is 0 Å². The van der Waals surface area contributed by atoms with Crippen molar-refractivity contribution in [3.8, 4) is 0 Å². The molecule has 0 amide bonds. The zero-order chi connectivity index (χ0) is 46.1. The Hall–Kier alpha value is -1.59. The number of unbranched alkanes of at least 4 members (excludes halogenated alkanes) is 34. The summed E-state index contributed by atoms with van der Waals surface area (Å²) >= 11 is 0. The van der Waals surface area contributed by atoms with Crippen LogP contribution in [0, 0.1) is 11.8 Å². The zero-order valence-electron chi connectivity index (χ0n) is 43.2. The first kappa shape index (κ1) is 61.4. The van der Waals surface area contributed by atoms with Crippen LogP contribution in [0.5, 0.6) is 0 Å². The van der Waals surface area contributed by atoms with E-state index in [1.807, 2.05) is 0 Å². The molecule has 0 aromatic heterocycles. The van der Waals surface area contributed by atoms with Gasteiger partial charge in [-0.2, -0.15) is 0 Å². The third-order valence-electron chi connectivity index (χ3n) is 13.7. The minimum absolute atomic E-state index is 0.0633. The van der Waals surface area contributed by atoms with E-state index in [2.05, 4.69) is 34.6 Å². The molecule has 6 nitrogen and oxygen atoms in total. The lowest BCUT2D eigenvalue weighted by Gasteiger charge is -2.18. The smallest absolute Gasteiger partial charge is 0.306 e. The summed E-state index contributed by atoms with van der Waals surface area (Å²) in [6.45, 7) is 11.4. The number of ether oxygens (including phenoxy) is 3. The second-order valence-electron chi connectivity index (χ2n) is 20.1. The molecule has 0 aromatic rings. The molecule has 0 radical (unpaired) electrons. The van der Waals surface area contributed by atoms with Crippen LogP contribution in [-0.2, 0) is 28.6 Å². The van der Waals surface area contributed by atoms with Crippen LogP contribution in [0.2, 0.25) is 0 Å². The molecule has 2 unspecified atom stereocenters. The Bertz CT molecular complexity index is 966. The molecule has 0 fully saturated rings. The van der Waals surface area contributed by atoms with Crippen LogP contribution in [-0.4, -0.2) is 37.2 Å². The predicted octanol–water partition coefficient (Wildman–Crippen LogP) is 18.5. The van der Waals surface area contributed by atoms with Crippen LogP contribution >= 0.6 is 0 Å². The van der Waals surface area contributed by atoms with Gasteiger partial charge in [0.05, 0.1) is 0 Å². The zero-order valence-corrected chi connectivity index (χ0v) is 43.2. The molecule has 0 aliphatic rings. The first-order valence-electron chi connectivity index (χ1n) is 28.3. The Morgan fingerprint density at radius 3 is 0.825 bits per heavy atom. The fourth-order valence-electron chi connectivity index (χ4n) is 8.63. The van der Waals surface area contributed by atoms with Gasteiger partial charge in [-0.15, -0.1) is 0 Å². The maximum atomic E-state index is 12.7. The molecule has 0 saturated carbocycles. The summed E-state index contributed by atoms with van der Waals surface area (Å²) in [6.07, 6.45) is 52.3. The molecular formula is C57H110O6. The van der Waals surface area contributed by atoms with Crippen molar-refractivity contribution in [1.82, 2.24) is 0 Å². The number of esters is 3. The highest BCUT2D eigenvalue weighted by Gasteiger charge is 2.19. The van der Waals surface area contributed by atoms with E-state index in [9.17, 15) is 14.4 Å². The summed E-state index contributed by atoms with van der Waals surface area (Å²) in [5.74, 6) is 0.934. The van der Waals surface area contributed by atoms with Crippen LogP contribution in [0.4, 0.5) is 0 Å². The minimum Gasteiger partial charge on any atom is -0.462 e. The largest absolute Gasteiger partial charge is 0.462 e. The van der Waals surface area contributed by atoms with E-state index >= 15 is 0 Å². The van der Waals surface area contributed by atoms with Crippen LogP contribution in [0.1, 0.15) is 317 Å². The van der Waals surface area contributed by atoms with Crippen LogP contribution < -0.4 is 0 Å². The van der Waals surface area contributed by atoms with Crippen molar-refractivity contribution >= 4 is 17.9 Å². The molecular weight excluding hydrogens is 781 g/mol. The lowest BCUT2D eigenvalue weighted by atomic mass is 9.99. The second-order valence-corrected chi connectivity index (χ2v) is 20.1. The van der Waals surface area contributed by atoms with Crippen LogP contribution in [0.25, 0.3) is 0 Å². The van der Waals surface area contributed by atoms with Crippen molar-refractivity contribution in [2.24, 2.45) is 11.8 Å². The van der Waals surface area contributed by atoms with Crippen molar-refractivity contribution in [3.05, 3.63) is 0 Å². The lowest BCUT2D eigenvalue weighted by Crippen LogP contribution is -2.30. The van der Waals surface area contributed by atoms with Gasteiger partial charge in [0.15, 0.2) is 6.10 Å². The third kappa shape index (κ3) is 48.2. The van der Waals surface area contributed by atoms with Crippen molar-refractivity contribution in [1.29, 1.82) is 0 Å². The van der Waals surface area contributed by atoms with E-state index in [4.69, 9.17) is 14.2 Å². The van der Waals surface area contributed by atoms with Gasteiger partial charge in [-0.3, -0.25) is 14.4 Å². The van der Waals surface area contributed by atoms with Crippen molar-refractivity contribution in [2.75, 3.05) is 13.2 Å². The number of rotatable bonds is 51. The first-order chi connectivity index (χ1) is 30.8. The van der Waals surface area contributed by atoms with Gasteiger partial charge in [0.25, 0.3) is 0 Å². The van der Waals surface area contributed by atoms with E-state index < -0.39 is 6.10 Å². The Labute approximate surface area is 393 Å². The third-order valence-corrected chi connectivity index (χ3v) is 13.7. The molecule has 0 bridgehead atoms. The monoisotopic (exact) mass is 891 g/mol. The molecule has 0 rings (SSSR count). The molecule has 0 aliphatic heterocycles. The second kappa shape index (κ2) is 49.8. The summed E-state index contributed by atoms with van der Waals surface area (Å²) in [5.41, 5.74) is 0. The summed E-state index contributed by atoms with van der Waals surface area (Å²) in [5, 5.41) is 0. The van der Waals surface area contributed by atoms with Gasteiger partial charge in [-0.1, -0.05) is 279 Å². The Morgan fingerprint density at radius 1 is 0.317 bits per heavy atom. The SMILES string of the molecule is CCCCCCCCCCCC(=O)O[C@H](COC(=O)CCCCCCCCCCCCCCCCCCCCC(C)CC)COC(=O)CCCCCCCCCCCCC(C)CC. The summed E-state index contributed by atoms with van der Waals surface area (Å²) in [6, 6.07) is 0. The van der Waals surface area contributed by atoms with Gasteiger partial charge in [0.2, 0.25) is 0 Å². The van der Waals surface area contributed by atoms with Gasteiger partial charge >= 0.3 is 17.9 Å². The molecule has 0 N–H and O–H groups in total. The van der Waals surface area contributed by atoms with E-state index in [0.717, 1.165) is 69.6 Å². The molecule has 0 spiro atoms. The molecule has 0 heterocycles. The maximum Gasteiger partial charge on any atom is 0.306 e. The molecule has 63 heavy (non-hydrogen) atoms. The quantitative estimate of drug-likeness (QED) is 0.0344. The molecule has 6 heteroatoms. The Morgan fingerprint density at radius 2 is 0.556 bits per heavy atom. The predicted molar refractivity (Wildman–Crippen MR) is 270 cm³/mol. The Kier molecular flexibility index (Phi) is 48.6. The molecule has 374 valence electrons. The van der Waals surface area contributed by atoms with Crippen molar-refractivity contribution in [2.45, 2.75) is 323 Å². The van der Waals surface area contributed by atoms with Gasteiger partial charge in [0.1, 0.15) is 13.2 Å². The fourth-order valence-corrected chi connectivity index (χ4v) is 8.63. The summed E-state index contributed by atoms with van der Waals surface area (Å²) in [7, 11) is 0. The maximum absolute atomic E-state index is 12.7. The van der Waals surface area contributed by atoms with E-state index in [0.29, 0.717) is 19.3 Å². The molecule has 3 atom stereocenters. The minimum atomic E-state index is -0.761. The van der Waals surface area contributed by atoms with Gasteiger partial charge in [-0.05, 0) is 31.1 Å². The van der Waals surface area contributed by atoms with E-state index in [1.165, 1.54) is 205 Å². The summed E-state index contributed by atoms with van der Waals surface area (Å²) < 4.78 is 16.8. The normalized spacial score (nSPS) is 12.9. The first-order valence-corrected chi connectivity index (χ1v) is 28.3. The van der Waals surface area contributed by atoms with E-state index in [-0.39, 0.29) is 31.1 Å². The highest BCUT2D eigenvalue weighted by Crippen LogP contribution is 2.19. The standard InChI is InChI=1S/C57H110O6/c1-6-9-10-11-12-25-34-39-44-49-57(60)63-54(51-62-56(59)48-43-38-33-29-24-23-27-31-36-41-46-53(5)8-3)50-61-55(58)47-42-37-32-28-22-20-18-16-14-13-15-17-19-21-26-30-35-40-45-52(4)7-2/h52-54H,6-51H2,1-5H3/t52?,53?,54-/m1/s1. The highest BCUT2D eigenvalue weighted by molar-refractivity contribution is 5.71. The fraction of sp³-hybridized carbons (Fsp3) is 0.947. The molecule has 0 aliphatic carbocycles. The average molecular weight is 892 g/mol. The average Bonchev–Trinajstić information content (AvgIpc) is 3.28. The van der Waals surface area contributed by atoms with Crippen LogP contribution in [0.3, 0.4) is 0 Å². The van der Waals surface area contributed by atoms with Crippen molar-refractivity contribution < 1.29 is 28.6 Å². The van der Waals surface area contributed by atoms with Gasteiger partial charge in [-0.25, -0.2) is 0 Å². The molecule has 0 aromatic carbocycles. The summed E-state index contributed by atoms with van der Waals surface area (Å²) in [4.78, 5) is 38.0. The topological polar surface area (TPSA) is 78.9 Å². The number of hydrogen-bond acceptors (Lipinski definition) is 6. The van der Waals surface area contributed by atoms with Crippen LogP contribution in [0.15, 0.2) is 0 Å². The number of carbonyl (C=O) groups is 3. The lowest BCUT2D eigenvalue weighted by molar-refractivity contribution is -0.167. The van der Waals surface area contributed by atoms with Crippen molar-refractivity contribution in [3.63, 3.8) is 0 Å². The van der Waals surface area contributed by atoms with Gasteiger partial charge < -0.3 is 14.2 Å². The van der Waals surface area contributed by atoms with Gasteiger partial charge in [0, 0.05) is 19.3 Å². The number of hydrogen-bond donors (Lipinski definition) is 0. The highest BCUT2D eigenvalue weighted by atomic mass is 16.6. The molecule has 0 saturated heterocycles. The Balaban J connectivity index is 4.16. The number of carbonyl (C=O) groups excluding carboxylic acids is 3.